The summed E-state index contributed by atoms with van der Waals surface area (Å²) in [6.07, 6.45) is 0.790. The van der Waals surface area contributed by atoms with E-state index in [9.17, 15) is 4.79 Å². The molecule has 0 aromatic heterocycles. The van der Waals surface area contributed by atoms with E-state index in [4.69, 9.17) is 4.74 Å². The predicted molar refractivity (Wildman–Crippen MR) is 95.8 cm³/mol. The molecule has 0 aliphatic rings. The van der Waals surface area contributed by atoms with Crippen LogP contribution >= 0.6 is 15.9 Å². The van der Waals surface area contributed by atoms with E-state index in [1.54, 1.807) is 0 Å². The SMILES string of the molecule is Cc1ccc(OCNC(=O)NCCc2ccc(Br)cc2)cc1C. The van der Waals surface area contributed by atoms with Crippen LogP contribution in [0.4, 0.5) is 4.79 Å². The van der Waals surface area contributed by atoms with Gasteiger partial charge in [-0.3, -0.25) is 0 Å². The molecule has 2 N–H and O–H groups in total. The molecule has 0 spiro atoms. The van der Waals surface area contributed by atoms with Gasteiger partial charge in [-0.05, 0) is 61.2 Å². The lowest BCUT2D eigenvalue weighted by Crippen LogP contribution is -2.38. The first-order chi connectivity index (χ1) is 11.0. The summed E-state index contributed by atoms with van der Waals surface area (Å²) < 4.78 is 6.56. The zero-order chi connectivity index (χ0) is 16.7. The molecule has 0 saturated carbocycles. The van der Waals surface area contributed by atoms with E-state index in [0.717, 1.165) is 16.6 Å². The highest BCUT2D eigenvalue weighted by Crippen LogP contribution is 2.15. The van der Waals surface area contributed by atoms with Crippen LogP contribution in [0, 0.1) is 13.8 Å². The Bertz CT molecular complexity index is 657. The number of hydrogen-bond acceptors (Lipinski definition) is 2. The predicted octanol–water partition coefficient (Wildman–Crippen LogP) is 3.94. The summed E-state index contributed by atoms with van der Waals surface area (Å²) >= 11 is 3.40. The van der Waals surface area contributed by atoms with Crippen molar-refractivity contribution in [3.8, 4) is 5.75 Å². The van der Waals surface area contributed by atoms with Crippen LogP contribution < -0.4 is 15.4 Å². The van der Waals surface area contributed by atoms with Crippen molar-refractivity contribution in [1.82, 2.24) is 10.6 Å². The molecule has 2 aromatic carbocycles. The maximum Gasteiger partial charge on any atom is 0.317 e. The normalized spacial score (nSPS) is 10.2. The van der Waals surface area contributed by atoms with E-state index in [1.807, 2.05) is 49.4 Å². The molecule has 0 heterocycles. The molecule has 2 rings (SSSR count). The fourth-order valence-corrected chi connectivity index (χ4v) is 2.29. The van der Waals surface area contributed by atoms with Crippen molar-refractivity contribution in [2.75, 3.05) is 13.3 Å². The Morgan fingerprint density at radius 2 is 1.78 bits per heavy atom. The minimum atomic E-state index is -0.231. The Morgan fingerprint density at radius 3 is 2.48 bits per heavy atom. The molecule has 0 bridgehead atoms. The molecule has 23 heavy (non-hydrogen) atoms. The van der Waals surface area contributed by atoms with Crippen LogP contribution in [0.1, 0.15) is 16.7 Å². The summed E-state index contributed by atoms with van der Waals surface area (Å²) in [5.74, 6) is 0.753. The molecule has 0 saturated heterocycles. The number of carbonyl (C=O) groups excluding carboxylic acids is 1. The average Bonchev–Trinajstić information content (AvgIpc) is 2.53. The third-order valence-corrected chi connectivity index (χ3v) is 4.09. The molecule has 4 nitrogen and oxygen atoms in total. The van der Waals surface area contributed by atoms with Crippen molar-refractivity contribution < 1.29 is 9.53 Å². The van der Waals surface area contributed by atoms with Crippen LogP contribution in [0.25, 0.3) is 0 Å². The van der Waals surface area contributed by atoms with Crippen molar-refractivity contribution in [2.24, 2.45) is 0 Å². The first-order valence-corrected chi connectivity index (χ1v) is 8.30. The Kier molecular flexibility index (Phi) is 6.47. The van der Waals surface area contributed by atoms with Gasteiger partial charge in [-0.25, -0.2) is 4.79 Å². The fourth-order valence-electron chi connectivity index (χ4n) is 2.02. The quantitative estimate of drug-likeness (QED) is 0.750. The molecule has 2 aromatic rings. The Hall–Kier alpha value is -2.01. The zero-order valence-electron chi connectivity index (χ0n) is 13.4. The summed E-state index contributed by atoms with van der Waals surface area (Å²) in [5, 5.41) is 5.49. The molecule has 0 aliphatic heterocycles. The van der Waals surface area contributed by atoms with Crippen molar-refractivity contribution in [2.45, 2.75) is 20.3 Å². The van der Waals surface area contributed by atoms with E-state index in [1.165, 1.54) is 16.7 Å². The third-order valence-electron chi connectivity index (χ3n) is 3.56. The highest BCUT2D eigenvalue weighted by molar-refractivity contribution is 9.10. The van der Waals surface area contributed by atoms with Crippen LogP contribution in [0.5, 0.6) is 5.75 Å². The standard InChI is InChI=1S/C18H21BrN2O2/c1-13-3-8-17(11-14(13)2)23-12-21-18(22)20-10-9-15-4-6-16(19)7-5-15/h3-8,11H,9-10,12H2,1-2H3,(H2,20,21,22). The number of hydrogen-bond donors (Lipinski definition) is 2. The number of amides is 2. The number of aryl methyl sites for hydroxylation is 2. The minimum absolute atomic E-state index is 0.145. The monoisotopic (exact) mass is 376 g/mol. The Labute approximate surface area is 145 Å². The number of nitrogens with one attached hydrogen (secondary N) is 2. The van der Waals surface area contributed by atoms with Gasteiger partial charge in [-0.2, -0.15) is 0 Å². The number of carbonyl (C=O) groups is 1. The molecule has 0 radical (unpaired) electrons. The average molecular weight is 377 g/mol. The number of benzene rings is 2. The highest BCUT2D eigenvalue weighted by Gasteiger charge is 2.01. The molecule has 0 unspecified atom stereocenters. The summed E-state index contributed by atoms with van der Waals surface area (Å²) in [5.41, 5.74) is 3.57. The van der Waals surface area contributed by atoms with Crippen LogP contribution in [-0.2, 0) is 6.42 Å². The van der Waals surface area contributed by atoms with Gasteiger partial charge in [0.15, 0.2) is 6.73 Å². The smallest absolute Gasteiger partial charge is 0.317 e. The van der Waals surface area contributed by atoms with Gasteiger partial charge in [0.25, 0.3) is 0 Å². The second-order valence-electron chi connectivity index (χ2n) is 5.34. The molecular weight excluding hydrogens is 356 g/mol. The second-order valence-corrected chi connectivity index (χ2v) is 6.26. The molecule has 0 atom stereocenters. The molecular formula is C18H21BrN2O2. The van der Waals surface area contributed by atoms with Crippen LogP contribution in [0.3, 0.4) is 0 Å². The van der Waals surface area contributed by atoms with Gasteiger partial charge in [0.2, 0.25) is 0 Å². The topological polar surface area (TPSA) is 50.4 Å². The maximum absolute atomic E-state index is 11.7. The van der Waals surface area contributed by atoms with Crippen molar-refractivity contribution in [3.63, 3.8) is 0 Å². The van der Waals surface area contributed by atoms with Crippen molar-refractivity contribution in [1.29, 1.82) is 0 Å². The van der Waals surface area contributed by atoms with Gasteiger partial charge in [0.05, 0.1) is 0 Å². The maximum atomic E-state index is 11.7. The Balaban J connectivity index is 1.65. The molecule has 0 aliphatic carbocycles. The van der Waals surface area contributed by atoms with Gasteiger partial charge >= 0.3 is 6.03 Å². The van der Waals surface area contributed by atoms with Gasteiger partial charge in [0.1, 0.15) is 5.75 Å². The molecule has 5 heteroatoms. The van der Waals surface area contributed by atoms with Gasteiger partial charge in [-0.15, -0.1) is 0 Å². The lowest BCUT2D eigenvalue weighted by molar-refractivity contribution is 0.224. The fraction of sp³-hybridized carbons (Fsp3) is 0.278. The lowest BCUT2D eigenvalue weighted by atomic mass is 10.1. The van der Waals surface area contributed by atoms with E-state index >= 15 is 0 Å². The Morgan fingerprint density at radius 1 is 1.04 bits per heavy atom. The van der Waals surface area contributed by atoms with Crippen LogP contribution in [0.15, 0.2) is 46.9 Å². The van der Waals surface area contributed by atoms with Crippen molar-refractivity contribution in [3.05, 3.63) is 63.6 Å². The zero-order valence-corrected chi connectivity index (χ0v) is 14.9. The van der Waals surface area contributed by atoms with Crippen LogP contribution in [-0.4, -0.2) is 19.3 Å². The first kappa shape index (κ1) is 17.3. The van der Waals surface area contributed by atoms with E-state index in [2.05, 4.69) is 33.5 Å². The van der Waals surface area contributed by atoms with Gasteiger partial charge < -0.3 is 15.4 Å². The molecule has 2 amide bonds. The third kappa shape index (κ3) is 5.94. The summed E-state index contributed by atoms with van der Waals surface area (Å²) in [6.45, 7) is 4.81. The van der Waals surface area contributed by atoms with E-state index in [-0.39, 0.29) is 12.8 Å². The van der Waals surface area contributed by atoms with Gasteiger partial charge in [0, 0.05) is 11.0 Å². The van der Waals surface area contributed by atoms with E-state index in [0.29, 0.717) is 6.54 Å². The van der Waals surface area contributed by atoms with E-state index < -0.39 is 0 Å². The molecule has 122 valence electrons. The largest absolute Gasteiger partial charge is 0.473 e. The summed E-state index contributed by atoms with van der Waals surface area (Å²) in [6, 6.07) is 13.7. The number of ether oxygens (including phenoxy) is 1. The highest BCUT2D eigenvalue weighted by atomic mass is 79.9. The molecule has 0 fully saturated rings. The number of halogens is 1. The van der Waals surface area contributed by atoms with Gasteiger partial charge in [-0.1, -0.05) is 34.1 Å². The number of rotatable bonds is 6. The number of urea groups is 1. The summed E-state index contributed by atoms with van der Waals surface area (Å²) in [4.78, 5) is 11.7. The summed E-state index contributed by atoms with van der Waals surface area (Å²) in [7, 11) is 0. The second kappa shape index (κ2) is 8.58. The van der Waals surface area contributed by atoms with Crippen molar-refractivity contribution >= 4 is 22.0 Å². The van der Waals surface area contributed by atoms with Crippen LogP contribution in [0.2, 0.25) is 0 Å². The lowest BCUT2D eigenvalue weighted by Gasteiger charge is -2.10. The first-order valence-electron chi connectivity index (χ1n) is 7.51. The minimum Gasteiger partial charge on any atom is -0.473 e.